The van der Waals surface area contributed by atoms with Gasteiger partial charge in [0.2, 0.25) is 11.8 Å². The first-order valence-electron chi connectivity index (χ1n) is 10.4. The highest BCUT2D eigenvalue weighted by Crippen LogP contribution is 2.29. The number of hydrogen-bond donors (Lipinski definition) is 2. The van der Waals surface area contributed by atoms with Gasteiger partial charge in [0.15, 0.2) is 5.96 Å². The molecule has 30 heavy (non-hydrogen) atoms. The summed E-state index contributed by atoms with van der Waals surface area (Å²) in [7, 11) is 0. The Kier molecular flexibility index (Phi) is 6.59. The Hall–Kier alpha value is -3.35. The van der Waals surface area contributed by atoms with Gasteiger partial charge in [0.25, 0.3) is 0 Å². The van der Waals surface area contributed by atoms with Gasteiger partial charge in [0.05, 0.1) is 25.4 Å². The molecule has 0 bridgehead atoms. The number of rotatable bonds is 9. The predicted octanol–water partition coefficient (Wildman–Crippen LogP) is 3.78. The van der Waals surface area contributed by atoms with Crippen LogP contribution in [0.15, 0.2) is 64.3 Å². The summed E-state index contributed by atoms with van der Waals surface area (Å²) < 4.78 is 11.4. The van der Waals surface area contributed by atoms with Gasteiger partial charge in [0, 0.05) is 24.4 Å². The van der Waals surface area contributed by atoms with Crippen LogP contribution in [0.3, 0.4) is 0 Å². The lowest BCUT2D eigenvalue weighted by molar-refractivity contribution is 0.288. The lowest BCUT2D eigenvalue weighted by Crippen LogP contribution is -2.36. The summed E-state index contributed by atoms with van der Waals surface area (Å²) in [5, 5.41) is 6.56. The third-order valence-corrected chi connectivity index (χ3v) is 4.74. The van der Waals surface area contributed by atoms with E-state index >= 15 is 0 Å². The van der Waals surface area contributed by atoms with E-state index in [-0.39, 0.29) is 0 Å². The van der Waals surface area contributed by atoms with Crippen molar-refractivity contribution in [2.45, 2.75) is 32.9 Å². The highest BCUT2D eigenvalue weighted by molar-refractivity contribution is 5.79. The average molecular weight is 406 g/mol. The minimum atomic E-state index is 0.522. The van der Waals surface area contributed by atoms with Crippen molar-refractivity contribution < 1.29 is 9.15 Å². The Morgan fingerprint density at radius 2 is 2.07 bits per heavy atom. The Balaban J connectivity index is 1.33. The quantitative estimate of drug-likeness (QED) is 0.416. The predicted molar refractivity (Wildman–Crippen MR) is 116 cm³/mol. The number of aliphatic imine (C=N–C) groups is 1. The van der Waals surface area contributed by atoms with E-state index in [0.29, 0.717) is 30.8 Å². The first-order valence-corrected chi connectivity index (χ1v) is 10.4. The minimum absolute atomic E-state index is 0.522. The summed E-state index contributed by atoms with van der Waals surface area (Å²) in [6.45, 7) is 4.62. The fourth-order valence-corrected chi connectivity index (χ4v) is 2.90. The molecular weight excluding hydrogens is 378 g/mol. The fraction of sp³-hybridized carbons (Fsp3) is 0.348. The molecule has 0 spiro atoms. The smallest absolute Gasteiger partial charge is 0.226 e. The molecule has 4 rings (SSSR count). The molecule has 1 saturated carbocycles. The second-order valence-electron chi connectivity index (χ2n) is 7.32. The van der Waals surface area contributed by atoms with Gasteiger partial charge in [-0.15, -0.1) is 0 Å². The zero-order chi connectivity index (χ0) is 20.6. The molecule has 0 amide bonds. The van der Waals surface area contributed by atoms with Crippen LogP contribution in [0.5, 0.6) is 5.88 Å². The summed E-state index contributed by atoms with van der Waals surface area (Å²) in [5.41, 5.74) is 2.83. The van der Waals surface area contributed by atoms with Crippen LogP contribution in [0.2, 0.25) is 0 Å². The average Bonchev–Trinajstić information content (AvgIpc) is 3.50. The molecule has 1 aliphatic carbocycles. The molecule has 0 atom stereocenters. The van der Waals surface area contributed by atoms with Crippen LogP contribution in [0, 0.1) is 5.92 Å². The zero-order valence-electron chi connectivity index (χ0n) is 17.2. The van der Waals surface area contributed by atoms with Crippen molar-refractivity contribution in [1.82, 2.24) is 20.6 Å². The van der Waals surface area contributed by atoms with Crippen molar-refractivity contribution in [3.05, 3.63) is 66.2 Å². The Bertz CT molecular complexity index is 966. The number of oxazole rings is 1. The van der Waals surface area contributed by atoms with Crippen LogP contribution in [-0.2, 0) is 13.1 Å². The lowest BCUT2D eigenvalue weighted by atomic mass is 10.2. The molecule has 0 saturated heterocycles. The molecule has 1 fully saturated rings. The second-order valence-corrected chi connectivity index (χ2v) is 7.32. The monoisotopic (exact) mass is 405 g/mol. The van der Waals surface area contributed by atoms with Crippen LogP contribution < -0.4 is 15.4 Å². The number of guanidine groups is 1. The normalized spacial score (nSPS) is 13.8. The van der Waals surface area contributed by atoms with Crippen molar-refractivity contribution in [2.24, 2.45) is 10.9 Å². The number of ether oxygens (including phenoxy) is 1. The van der Waals surface area contributed by atoms with E-state index in [4.69, 9.17) is 9.15 Å². The molecule has 1 aromatic carbocycles. The standard InChI is InChI=1S/C23H27N5O2/c1-2-24-23(26-13-18-10-11-25-21(12-18)29-15-17-8-9-17)27-14-20-16-30-22(28-20)19-6-4-3-5-7-19/h3-7,10-12,16-17H,2,8-9,13-15H2,1H3,(H2,24,26,27). The van der Waals surface area contributed by atoms with E-state index in [9.17, 15) is 0 Å². The SMILES string of the molecule is CCNC(=NCc1ccnc(OCC2CC2)c1)NCc1coc(-c2ccccc2)n1. The van der Waals surface area contributed by atoms with Gasteiger partial charge in [-0.1, -0.05) is 18.2 Å². The molecule has 2 aromatic heterocycles. The van der Waals surface area contributed by atoms with Crippen molar-refractivity contribution in [3.8, 4) is 17.3 Å². The third-order valence-electron chi connectivity index (χ3n) is 4.74. The van der Waals surface area contributed by atoms with E-state index in [1.54, 1.807) is 12.5 Å². The molecule has 7 nitrogen and oxygen atoms in total. The summed E-state index contributed by atoms with van der Waals surface area (Å²) in [6.07, 6.45) is 5.97. The molecule has 0 radical (unpaired) electrons. The van der Waals surface area contributed by atoms with Crippen molar-refractivity contribution >= 4 is 5.96 Å². The topological polar surface area (TPSA) is 84.6 Å². The number of nitrogens with one attached hydrogen (secondary N) is 2. The summed E-state index contributed by atoms with van der Waals surface area (Å²) in [5.74, 6) is 2.71. The maximum absolute atomic E-state index is 5.76. The first-order chi connectivity index (χ1) is 14.8. The van der Waals surface area contributed by atoms with Crippen LogP contribution >= 0.6 is 0 Å². The number of nitrogens with zero attached hydrogens (tertiary/aromatic N) is 3. The van der Waals surface area contributed by atoms with E-state index in [0.717, 1.165) is 35.9 Å². The van der Waals surface area contributed by atoms with Gasteiger partial charge < -0.3 is 19.8 Å². The molecule has 156 valence electrons. The Morgan fingerprint density at radius 1 is 1.20 bits per heavy atom. The van der Waals surface area contributed by atoms with E-state index in [2.05, 4.69) is 25.6 Å². The number of benzene rings is 1. The Morgan fingerprint density at radius 3 is 2.87 bits per heavy atom. The highest BCUT2D eigenvalue weighted by Gasteiger charge is 2.22. The van der Waals surface area contributed by atoms with Crippen LogP contribution in [-0.4, -0.2) is 29.1 Å². The number of aromatic nitrogens is 2. The number of pyridine rings is 1. The van der Waals surface area contributed by atoms with Crippen molar-refractivity contribution in [1.29, 1.82) is 0 Å². The zero-order valence-corrected chi connectivity index (χ0v) is 17.2. The molecule has 2 heterocycles. The first kappa shape index (κ1) is 19.9. The fourth-order valence-electron chi connectivity index (χ4n) is 2.90. The maximum atomic E-state index is 5.76. The lowest BCUT2D eigenvalue weighted by Gasteiger charge is -2.10. The molecule has 0 aliphatic heterocycles. The minimum Gasteiger partial charge on any atom is -0.477 e. The van der Waals surface area contributed by atoms with Crippen molar-refractivity contribution in [2.75, 3.05) is 13.2 Å². The molecule has 0 unspecified atom stereocenters. The van der Waals surface area contributed by atoms with Gasteiger partial charge in [0.1, 0.15) is 6.26 Å². The van der Waals surface area contributed by atoms with Gasteiger partial charge in [-0.05, 0) is 49.4 Å². The molecule has 3 aromatic rings. The molecule has 2 N–H and O–H groups in total. The van der Waals surface area contributed by atoms with Gasteiger partial charge in [-0.2, -0.15) is 0 Å². The molecular formula is C23H27N5O2. The third kappa shape index (κ3) is 5.83. The summed E-state index contributed by atoms with van der Waals surface area (Å²) in [6, 6.07) is 13.8. The molecule has 1 aliphatic rings. The maximum Gasteiger partial charge on any atom is 0.226 e. The van der Waals surface area contributed by atoms with E-state index in [1.807, 2.05) is 49.4 Å². The second kappa shape index (κ2) is 9.91. The summed E-state index contributed by atoms with van der Waals surface area (Å²) in [4.78, 5) is 13.5. The van der Waals surface area contributed by atoms with Crippen LogP contribution in [0.4, 0.5) is 0 Å². The van der Waals surface area contributed by atoms with Crippen LogP contribution in [0.25, 0.3) is 11.5 Å². The van der Waals surface area contributed by atoms with E-state index in [1.165, 1.54) is 12.8 Å². The van der Waals surface area contributed by atoms with Gasteiger partial charge in [-0.3, -0.25) is 0 Å². The van der Waals surface area contributed by atoms with Crippen LogP contribution in [0.1, 0.15) is 31.0 Å². The van der Waals surface area contributed by atoms with Gasteiger partial charge >= 0.3 is 0 Å². The summed E-state index contributed by atoms with van der Waals surface area (Å²) >= 11 is 0. The molecule has 7 heteroatoms. The van der Waals surface area contributed by atoms with Crippen molar-refractivity contribution in [3.63, 3.8) is 0 Å². The van der Waals surface area contributed by atoms with Gasteiger partial charge in [-0.25, -0.2) is 15.0 Å². The largest absolute Gasteiger partial charge is 0.477 e. The number of hydrogen-bond acceptors (Lipinski definition) is 5. The highest BCUT2D eigenvalue weighted by atomic mass is 16.5. The Labute approximate surface area is 176 Å². The van der Waals surface area contributed by atoms with E-state index < -0.39 is 0 Å².